The lowest BCUT2D eigenvalue weighted by atomic mass is 10.0. The average molecular weight is 453 g/mol. The van der Waals surface area contributed by atoms with E-state index in [4.69, 9.17) is 19.9 Å². The number of rotatable bonds is 7. The second-order valence-electron chi connectivity index (χ2n) is 9.11. The van der Waals surface area contributed by atoms with Crippen molar-refractivity contribution >= 4 is 17.8 Å². The average Bonchev–Trinajstić information content (AvgIpc) is 3.31. The lowest BCUT2D eigenvalue weighted by Crippen LogP contribution is -2.34. The molecule has 0 bridgehead atoms. The first-order valence-corrected chi connectivity index (χ1v) is 11.0. The van der Waals surface area contributed by atoms with E-state index < -0.39 is 18.0 Å². The predicted octanol–water partition coefficient (Wildman–Crippen LogP) is 2.34. The van der Waals surface area contributed by atoms with Crippen molar-refractivity contribution in [3.63, 3.8) is 0 Å². The van der Waals surface area contributed by atoms with Crippen molar-refractivity contribution in [3.05, 3.63) is 59.7 Å². The van der Waals surface area contributed by atoms with Crippen LogP contribution < -0.4 is 15.2 Å². The molecule has 4 rings (SSSR count). The molecule has 0 unspecified atom stereocenters. The molecule has 2 aromatic rings. The number of para-hydroxylation sites is 1. The Hall–Kier alpha value is -3.55. The van der Waals surface area contributed by atoms with Crippen molar-refractivity contribution in [1.29, 1.82) is 0 Å². The first kappa shape index (κ1) is 22.6. The molecule has 0 saturated carbocycles. The van der Waals surface area contributed by atoms with Crippen LogP contribution in [-0.2, 0) is 20.7 Å². The van der Waals surface area contributed by atoms with Gasteiger partial charge in [-0.1, -0.05) is 30.3 Å². The van der Waals surface area contributed by atoms with Gasteiger partial charge in [-0.3, -0.25) is 9.59 Å². The standard InChI is InChI=1S/C25H28N2O6/c1-25(2)12-17-9-6-10-19(23(17)33-25)31-15-22(29)27-13-18(11-21(26)28)20(14-27)32-24(30)16-7-4-3-5-8-16/h3-10,18,20H,11-15H2,1-2H3,(H2,26,28)/t18-,20+/m0/s1. The summed E-state index contributed by atoms with van der Waals surface area (Å²) in [5, 5.41) is 0. The number of fused-ring (bicyclic) bond motifs is 1. The molecular weight excluding hydrogens is 424 g/mol. The molecule has 2 aliphatic rings. The summed E-state index contributed by atoms with van der Waals surface area (Å²) in [6.07, 6.45) is 0.161. The highest BCUT2D eigenvalue weighted by molar-refractivity contribution is 5.89. The summed E-state index contributed by atoms with van der Waals surface area (Å²) in [6, 6.07) is 14.2. The molecule has 33 heavy (non-hydrogen) atoms. The van der Waals surface area contributed by atoms with E-state index in [-0.39, 0.29) is 43.5 Å². The number of likely N-dealkylation sites (tertiary alicyclic amines) is 1. The Balaban J connectivity index is 1.40. The fourth-order valence-corrected chi connectivity index (χ4v) is 4.34. The number of ether oxygens (including phenoxy) is 3. The van der Waals surface area contributed by atoms with Crippen LogP contribution in [0, 0.1) is 5.92 Å². The Bertz CT molecular complexity index is 1050. The third-order valence-corrected chi connectivity index (χ3v) is 5.87. The molecule has 0 radical (unpaired) electrons. The second-order valence-corrected chi connectivity index (χ2v) is 9.11. The van der Waals surface area contributed by atoms with Crippen LogP contribution in [0.1, 0.15) is 36.2 Å². The van der Waals surface area contributed by atoms with Crippen LogP contribution in [-0.4, -0.2) is 54.1 Å². The van der Waals surface area contributed by atoms with Gasteiger partial charge in [-0.25, -0.2) is 4.79 Å². The van der Waals surface area contributed by atoms with Crippen LogP contribution in [0.5, 0.6) is 11.5 Å². The Morgan fingerprint density at radius 3 is 2.58 bits per heavy atom. The monoisotopic (exact) mass is 452 g/mol. The number of primary amides is 1. The highest BCUT2D eigenvalue weighted by Gasteiger charge is 2.39. The molecule has 0 spiro atoms. The molecule has 0 aliphatic carbocycles. The molecule has 0 aromatic heterocycles. The van der Waals surface area contributed by atoms with E-state index in [2.05, 4.69) is 0 Å². The first-order valence-electron chi connectivity index (χ1n) is 11.0. The fourth-order valence-electron chi connectivity index (χ4n) is 4.34. The summed E-state index contributed by atoms with van der Waals surface area (Å²) in [5.41, 5.74) is 6.51. The highest BCUT2D eigenvalue weighted by Crippen LogP contribution is 2.41. The molecule has 2 N–H and O–H groups in total. The first-order chi connectivity index (χ1) is 15.7. The molecular formula is C25H28N2O6. The van der Waals surface area contributed by atoms with Crippen LogP contribution in [0.25, 0.3) is 0 Å². The third kappa shape index (κ3) is 5.27. The zero-order valence-corrected chi connectivity index (χ0v) is 18.8. The van der Waals surface area contributed by atoms with Gasteiger partial charge in [0, 0.05) is 30.9 Å². The van der Waals surface area contributed by atoms with E-state index in [1.54, 1.807) is 41.3 Å². The summed E-state index contributed by atoms with van der Waals surface area (Å²) in [7, 11) is 0. The number of nitrogens with two attached hydrogens (primary N) is 1. The van der Waals surface area contributed by atoms with Gasteiger partial charge in [0.05, 0.1) is 12.1 Å². The number of carbonyl (C=O) groups is 3. The number of amides is 2. The van der Waals surface area contributed by atoms with Gasteiger partial charge < -0.3 is 24.8 Å². The largest absolute Gasteiger partial charge is 0.483 e. The van der Waals surface area contributed by atoms with Crippen molar-refractivity contribution in [2.24, 2.45) is 11.7 Å². The van der Waals surface area contributed by atoms with Gasteiger partial charge >= 0.3 is 5.97 Å². The molecule has 2 heterocycles. The second kappa shape index (κ2) is 9.13. The normalized spacial score (nSPS) is 20.6. The third-order valence-electron chi connectivity index (χ3n) is 5.87. The van der Waals surface area contributed by atoms with Gasteiger partial charge in [-0.05, 0) is 32.0 Å². The number of hydrogen-bond acceptors (Lipinski definition) is 6. The van der Waals surface area contributed by atoms with Gasteiger partial charge in [0.1, 0.15) is 11.7 Å². The van der Waals surface area contributed by atoms with E-state index in [1.165, 1.54) is 0 Å². The van der Waals surface area contributed by atoms with Crippen molar-refractivity contribution in [2.75, 3.05) is 19.7 Å². The van der Waals surface area contributed by atoms with Crippen LogP contribution in [0.2, 0.25) is 0 Å². The maximum atomic E-state index is 12.9. The van der Waals surface area contributed by atoms with Gasteiger partial charge in [0.25, 0.3) is 5.91 Å². The number of esters is 1. The van der Waals surface area contributed by atoms with Gasteiger partial charge in [0.15, 0.2) is 18.1 Å². The lowest BCUT2D eigenvalue weighted by molar-refractivity contribution is -0.133. The summed E-state index contributed by atoms with van der Waals surface area (Å²) < 4.78 is 17.4. The summed E-state index contributed by atoms with van der Waals surface area (Å²) >= 11 is 0. The Kier molecular flexibility index (Phi) is 6.26. The van der Waals surface area contributed by atoms with Gasteiger partial charge in [0.2, 0.25) is 5.91 Å². The van der Waals surface area contributed by atoms with Crippen molar-refractivity contribution in [3.8, 4) is 11.5 Å². The maximum absolute atomic E-state index is 12.9. The minimum Gasteiger partial charge on any atom is -0.483 e. The topological polar surface area (TPSA) is 108 Å². The molecule has 2 aromatic carbocycles. The molecule has 2 amide bonds. The number of carbonyl (C=O) groups excluding carboxylic acids is 3. The highest BCUT2D eigenvalue weighted by atomic mass is 16.5. The fraction of sp³-hybridized carbons (Fsp3) is 0.400. The molecule has 174 valence electrons. The van der Waals surface area contributed by atoms with Crippen molar-refractivity contribution in [2.45, 2.75) is 38.4 Å². The number of hydrogen-bond donors (Lipinski definition) is 1. The summed E-state index contributed by atoms with van der Waals surface area (Å²) in [6.45, 7) is 4.25. The number of benzene rings is 2. The minimum atomic E-state index is -0.626. The predicted molar refractivity (Wildman–Crippen MR) is 120 cm³/mol. The Labute approximate surface area is 192 Å². The van der Waals surface area contributed by atoms with Crippen LogP contribution in [0.3, 0.4) is 0 Å². The zero-order chi connectivity index (χ0) is 23.6. The van der Waals surface area contributed by atoms with Gasteiger partial charge in [-0.2, -0.15) is 0 Å². The van der Waals surface area contributed by atoms with E-state index in [1.807, 2.05) is 26.0 Å². The van der Waals surface area contributed by atoms with Gasteiger partial charge in [-0.15, -0.1) is 0 Å². The minimum absolute atomic E-state index is 0.0203. The molecule has 8 heteroatoms. The van der Waals surface area contributed by atoms with E-state index in [0.29, 0.717) is 17.1 Å². The van der Waals surface area contributed by atoms with E-state index in [9.17, 15) is 14.4 Å². The van der Waals surface area contributed by atoms with Crippen LogP contribution in [0.4, 0.5) is 0 Å². The zero-order valence-electron chi connectivity index (χ0n) is 18.8. The summed E-state index contributed by atoms with van der Waals surface area (Å²) in [5.74, 6) is -0.461. The summed E-state index contributed by atoms with van der Waals surface area (Å²) in [4.78, 5) is 38.5. The molecule has 2 atom stereocenters. The smallest absolute Gasteiger partial charge is 0.338 e. The molecule has 8 nitrogen and oxygen atoms in total. The van der Waals surface area contributed by atoms with Crippen molar-refractivity contribution < 1.29 is 28.6 Å². The quantitative estimate of drug-likeness (QED) is 0.646. The molecule has 1 saturated heterocycles. The van der Waals surface area contributed by atoms with E-state index in [0.717, 1.165) is 12.0 Å². The van der Waals surface area contributed by atoms with Crippen LogP contribution in [0.15, 0.2) is 48.5 Å². The maximum Gasteiger partial charge on any atom is 0.338 e. The molecule has 1 fully saturated rings. The SMILES string of the molecule is CC1(C)Cc2cccc(OCC(=O)N3C[C@H](CC(N)=O)[C@H](OC(=O)c4ccccc4)C3)c2O1. The lowest BCUT2D eigenvalue weighted by Gasteiger charge is -2.19. The van der Waals surface area contributed by atoms with Crippen molar-refractivity contribution in [1.82, 2.24) is 4.90 Å². The Morgan fingerprint density at radius 1 is 1.09 bits per heavy atom. The Morgan fingerprint density at radius 2 is 1.85 bits per heavy atom. The van der Waals surface area contributed by atoms with Crippen LogP contribution >= 0.6 is 0 Å². The molecule has 2 aliphatic heterocycles. The number of nitrogens with zero attached hydrogens (tertiary/aromatic N) is 1. The van der Waals surface area contributed by atoms with E-state index >= 15 is 0 Å².